The summed E-state index contributed by atoms with van der Waals surface area (Å²) < 4.78 is 21.7. The van der Waals surface area contributed by atoms with Crippen LogP contribution in [0.3, 0.4) is 0 Å². The molecule has 0 aromatic heterocycles. The first-order chi connectivity index (χ1) is 14.6. The highest BCUT2D eigenvalue weighted by molar-refractivity contribution is 6.07. The van der Waals surface area contributed by atoms with E-state index < -0.39 is 0 Å². The molecule has 0 atom stereocenters. The molecule has 5 nitrogen and oxygen atoms in total. The lowest BCUT2D eigenvalue weighted by molar-refractivity contribution is 0.104. The lowest BCUT2D eigenvalue weighted by atomic mass is 10.1. The van der Waals surface area contributed by atoms with Gasteiger partial charge in [0.05, 0.1) is 21.3 Å². The zero-order valence-electron chi connectivity index (χ0n) is 17.3. The van der Waals surface area contributed by atoms with Crippen LogP contribution >= 0.6 is 0 Å². The summed E-state index contributed by atoms with van der Waals surface area (Å²) in [6.07, 6.45) is 3.30. The minimum absolute atomic E-state index is 0.131. The van der Waals surface area contributed by atoms with E-state index in [1.165, 1.54) is 6.08 Å². The molecule has 0 spiro atoms. The van der Waals surface area contributed by atoms with Crippen molar-refractivity contribution in [2.24, 2.45) is 0 Å². The summed E-state index contributed by atoms with van der Waals surface area (Å²) in [6.45, 7) is 0.360. The Hall–Kier alpha value is -3.73. The molecule has 3 aromatic carbocycles. The van der Waals surface area contributed by atoms with Gasteiger partial charge in [0.15, 0.2) is 17.3 Å². The molecular weight excluding hydrogens is 380 g/mol. The average Bonchev–Trinajstić information content (AvgIpc) is 2.81. The quantitative estimate of drug-likeness (QED) is 0.363. The zero-order chi connectivity index (χ0) is 21.3. The van der Waals surface area contributed by atoms with Gasteiger partial charge in [-0.25, -0.2) is 0 Å². The van der Waals surface area contributed by atoms with Gasteiger partial charge in [0, 0.05) is 11.1 Å². The third-order valence-corrected chi connectivity index (χ3v) is 4.54. The second-order valence-corrected chi connectivity index (χ2v) is 6.44. The Kier molecular flexibility index (Phi) is 7.11. The fourth-order valence-electron chi connectivity index (χ4n) is 2.95. The molecule has 0 aliphatic carbocycles. The van der Waals surface area contributed by atoms with Gasteiger partial charge < -0.3 is 18.9 Å². The predicted octanol–water partition coefficient (Wildman–Crippen LogP) is 5.19. The number of para-hydroxylation sites is 1. The highest BCUT2D eigenvalue weighted by Crippen LogP contribution is 2.28. The minimum Gasteiger partial charge on any atom is -0.496 e. The van der Waals surface area contributed by atoms with Crippen LogP contribution in [0.15, 0.2) is 72.8 Å². The molecule has 0 saturated heterocycles. The van der Waals surface area contributed by atoms with Crippen LogP contribution in [0.25, 0.3) is 6.08 Å². The molecule has 30 heavy (non-hydrogen) atoms. The number of carbonyl (C=O) groups excluding carboxylic acids is 1. The number of ketones is 1. The van der Waals surface area contributed by atoms with Crippen LogP contribution in [-0.2, 0) is 6.61 Å². The number of hydrogen-bond donors (Lipinski definition) is 0. The second-order valence-electron chi connectivity index (χ2n) is 6.44. The summed E-state index contributed by atoms with van der Waals surface area (Å²) in [6, 6.07) is 20.4. The van der Waals surface area contributed by atoms with Crippen LogP contribution in [0.1, 0.15) is 21.5 Å². The van der Waals surface area contributed by atoms with Crippen molar-refractivity contribution in [3.8, 4) is 23.0 Å². The van der Waals surface area contributed by atoms with Crippen LogP contribution in [0, 0.1) is 0 Å². The Balaban J connectivity index is 1.75. The molecule has 0 heterocycles. The van der Waals surface area contributed by atoms with Crippen molar-refractivity contribution in [3.63, 3.8) is 0 Å². The highest BCUT2D eigenvalue weighted by Gasteiger charge is 2.09. The predicted molar refractivity (Wildman–Crippen MR) is 117 cm³/mol. The lowest BCUT2D eigenvalue weighted by Crippen LogP contribution is -1.99. The molecule has 0 fully saturated rings. The van der Waals surface area contributed by atoms with Crippen LogP contribution in [-0.4, -0.2) is 27.1 Å². The van der Waals surface area contributed by atoms with E-state index in [1.807, 2.05) is 48.5 Å². The third-order valence-electron chi connectivity index (χ3n) is 4.54. The van der Waals surface area contributed by atoms with Gasteiger partial charge in [-0.3, -0.25) is 4.79 Å². The van der Waals surface area contributed by atoms with Crippen LogP contribution in [0.4, 0.5) is 0 Å². The van der Waals surface area contributed by atoms with Crippen LogP contribution in [0.5, 0.6) is 23.0 Å². The van der Waals surface area contributed by atoms with Crippen LogP contribution in [0.2, 0.25) is 0 Å². The first-order valence-corrected chi connectivity index (χ1v) is 9.44. The number of methoxy groups -OCH3 is 3. The molecule has 3 rings (SSSR count). The Labute approximate surface area is 176 Å². The minimum atomic E-state index is -0.131. The summed E-state index contributed by atoms with van der Waals surface area (Å²) in [5.74, 6) is 2.48. The first-order valence-electron chi connectivity index (χ1n) is 9.44. The standard InChI is InChI=1S/C25H24O5/c1-27-23-13-10-18(15-20(23)17-30-21-7-5-4-6-8-21)9-12-22(26)19-11-14-24(28-2)25(16-19)29-3/h4-16H,17H2,1-3H3/b12-9+. The molecule has 0 bridgehead atoms. The van der Waals surface area contributed by atoms with Crippen molar-refractivity contribution in [1.82, 2.24) is 0 Å². The van der Waals surface area contributed by atoms with Crippen molar-refractivity contribution in [3.05, 3.63) is 89.5 Å². The molecule has 5 heteroatoms. The van der Waals surface area contributed by atoms with Crippen molar-refractivity contribution in [2.75, 3.05) is 21.3 Å². The van der Waals surface area contributed by atoms with Gasteiger partial charge >= 0.3 is 0 Å². The van der Waals surface area contributed by atoms with E-state index in [9.17, 15) is 4.79 Å². The molecule has 3 aromatic rings. The number of ether oxygens (including phenoxy) is 4. The van der Waals surface area contributed by atoms with E-state index in [-0.39, 0.29) is 5.78 Å². The third kappa shape index (κ3) is 5.20. The molecule has 0 radical (unpaired) electrons. The molecule has 0 aliphatic heterocycles. The Morgan fingerprint density at radius 1 is 0.800 bits per heavy atom. The highest BCUT2D eigenvalue weighted by atomic mass is 16.5. The van der Waals surface area contributed by atoms with Gasteiger partial charge in [0.25, 0.3) is 0 Å². The number of hydrogen-bond acceptors (Lipinski definition) is 5. The molecule has 0 aliphatic rings. The van der Waals surface area contributed by atoms with Gasteiger partial charge in [-0.1, -0.05) is 30.3 Å². The topological polar surface area (TPSA) is 54.0 Å². The fraction of sp³-hybridized carbons (Fsp3) is 0.160. The normalized spacial score (nSPS) is 10.6. The summed E-state index contributed by atoms with van der Waals surface area (Å²) >= 11 is 0. The number of allylic oxidation sites excluding steroid dienone is 1. The van der Waals surface area contributed by atoms with E-state index in [2.05, 4.69) is 0 Å². The Bertz CT molecular complexity index is 1020. The summed E-state index contributed by atoms with van der Waals surface area (Å²) in [5.41, 5.74) is 2.28. The molecule has 154 valence electrons. The van der Waals surface area contributed by atoms with Crippen molar-refractivity contribution >= 4 is 11.9 Å². The van der Waals surface area contributed by atoms with E-state index in [1.54, 1.807) is 45.6 Å². The van der Waals surface area contributed by atoms with Gasteiger partial charge in [0.1, 0.15) is 18.1 Å². The lowest BCUT2D eigenvalue weighted by Gasteiger charge is -2.11. The molecular formula is C25H24O5. The van der Waals surface area contributed by atoms with E-state index >= 15 is 0 Å². The smallest absolute Gasteiger partial charge is 0.185 e. The summed E-state index contributed by atoms with van der Waals surface area (Å²) in [4.78, 5) is 12.6. The number of benzene rings is 3. The Morgan fingerprint density at radius 3 is 2.20 bits per heavy atom. The summed E-state index contributed by atoms with van der Waals surface area (Å²) in [5, 5.41) is 0. The zero-order valence-corrected chi connectivity index (χ0v) is 17.3. The van der Waals surface area contributed by atoms with Gasteiger partial charge in [0.2, 0.25) is 0 Å². The SMILES string of the molecule is COc1ccc(/C=C/C(=O)c2ccc(OC)c(OC)c2)cc1COc1ccccc1. The largest absolute Gasteiger partial charge is 0.496 e. The second kappa shape index (κ2) is 10.2. The van der Waals surface area contributed by atoms with Gasteiger partial charge in [-0.05, 0) is 54.1 Å². The average molecular weight is 404 g/mol. The van der Waals surface area contributed by atoms with Gasteiger partial charge in [-0.2, -0.15) is 0 Å². The first kappa shape index (κ1) is 21.0. The summed E-state index contributed by atoms with van der Waals surface area (Å²) in [7, 11) is 4.72. The van der Waals surface area contributed by atoms with Crippen molar-refractivity contribution in [2.45, 2.75) is 6.61 Å². The molecule has 0 unspecified atom stereocenters. The maximum Gasteiger partial charge on any atom is 0.185 e. The maximum atomic E-state index is 12.6. The number of rotatable bonds is 9. The van der Waals surface area contributed by atoms with E-state index in [0.29, 0.717) is 23.7 Å². The van der Waals surface area contributed by atoms with Gasteiger partial charge in [-0.15, -0.1) is 0 Å². The maximum absolute atomic E-state index is 12.6. The molecule has 0 N–H and O–H groups in total. The van der Waals surface area contributed by atoms with Crippen LogP contribution < -0.4 is 18.9 Å². The van der Waals surface area contributed by atoms with Crippen molar-refractivity contribution in [1.29, 1.82) is 0 Å². The molecule has 0 amide bonds. The van der Waals surface area contributed by atoms with E-state index in [4.69, 9.17) is 18.9 Å². The monoisotopic (exact) mass is 404 g/mol. The Morgan fingerprint density at radius 2 is 1.50 bits per heavy atom. The molecule has 0 saturated carbocycles. The van der Waals surface area contributed by atoms with E-state index in [0.717, 1.165) is 22.6 Å². The number of carbonyl (C=O) groups is 1. The fourth-order valence-corrected chi connectivity index (χ4v) is 2.95. The van der Waals surface area contributed by atoms with Crippen molar-refractivity contribution < 1.29 is 23.7 Å².